The first-order valence-electron chi connectivity index (χ1n) is 5.65. The molecule has 1 atom stereocenters. The average molecular weight is 398 g/mol. The molecule has 0 fully saturated rings. The van der Waals surface area contributed by atoms with Gasteiger partial charge in [0.05, 0.1) is 5.56 Å². The van der Waals surface area contributed by atoms with E-state index in [0.29, 0.717) is 0 Å². The molecule has 0 saturated heterocycles. The Balaban J connectivity index is 3.10. The second kappa shape index (κ2) is 4.69. The van der Waals surface area contributed by atoms with E-state index in [-0.39, 0.29) is 0 Å². The lowest BCUT2D eigenvalue weighted by Gasteiger charge is -2.53. The maximum Gasteiger partial charge on any atom is 0.454 e. The van der Waals surface area contributed by atoms with Crippen LogP contribution >= 0.6 is 0 Å². The molecule has 14 heteroatoms. The van der Waals surface area contributed by atoms with Crippen molar-refractivity contribution in [2.24, 2.45) is 0 Å². The van der Waals surface area contributed by atoms with E-state index in [1.807, 2.05) is 0 Å². The van der Waals surface area contributed by atoms with Crippen LogP contribution in [0.15, 0.2) is 0 Å². The molecule has 1 aliphatic carbocycles. The normalized spacial score (nSPS) is 23.3. The van der Waals surface area contributed by atoms with Gasteiger partial charge in [-0.3, -0.25) is 0 Å². The minimum absolute atomic E-state index is 3.06. The molecule has 0 aliphatic heterocycles. The Morgan fingerprint density at radius 2 is 0.920 bits per heavy atom. The third-order valence-corrected chi connectivity index (χ3v) is 3.68. The van der Waals surface area contributed by atoms with Gasteiger partial charge in [-0.15, -0.1) is 0 Å². The van der Waals surface area contributed by atoms with Crippen molar-refractivity contribution in [3.63, 3.8) is 0 Å². The van der Waals surface area contributed by atoms with E-state index in [0.717, 1.165) is 0 Å². The van der Waals surface area contributed by atoms with Gasteiger partial charge >= 0.3 is 24.2 Å². The zero-order valence-corrected chi connectivity index (χ0v) is 10.8. The molecule has 0 bridgehead atoms. The minimum atomic E-state index is -7.41. The summed E-state index contributed by atoms with van der Waals surface area (Å²) in [7, 11) is 0. The van der Waals surface area contributed by atoms with Gasteiger partial charge in [-0.1, -0.05) is 0 Å². The Labute approximate surface area is 127 Å². The first kappa shape index (κ1) is 19.6. The molecule has 0 heterocycles. The van der Waals surface area contributed by atoms with Crippen molar-refractivity contribution in [1.29, 1.82) is 0 Å². The molecule has 1 aromatic carbocycles. The highest BCUT2D eigenvalue weighted by Crippen LogP contribution is 2.74. The lowest BCUT2D eigenvalue weighted by Crippen LogP contribution is -2.75. The summed E-state index contributed by atoms with van der Waals surface area (Å²) in [5.41, 5.74) is -13.1. The smallest absolute Gasteiger partial charge is 0.203 e. The minimum Gasteiger partial charge on any atom is -0.203 e. The van der Waals surface area contributed by atoms with E-state index in [2.05, 4.69) is 0 Å². The van der Waals surface area contributed by atoms with E-state index in [1.165, 1.54) is 0 Å². The largest absolute Gasteiger partial charge is 0.454 e. The summed E-state index contributed by atoms with van der Waals surface area (Å²) in [6.07, 6.45) is -14.6. The Morgan fingerprint density at radius 3 is 1.24 bits per heavy atom. The number of hydrogen-bond acceptors (Lipinski definition) is 0. The number of rotatable bonds is 1. The van der Waals surface area contributed by atoms with Crippen molar-refractivity contribution in [2.45, 2.75) is 29.6 Å². The first-order valence-corrected chi connectivity index (χ1v) is 5.65. The SMILES string of the molecule is Fc1c(F)c(F)c2c(c1F)C(F)(F)C2(C(F)(F)F)C(F)(F)C(F)(F)F. The lowest BCUT2D eigenvalue weighted by atomic mass is 9.55. The van der Waals surface area contributed by atoms with Gasteiger partial charge < -0.3 is 0 Å². The molecule has 0 N–H and O–H groups in total. The monoisotopic (exact) mass is 398 g/mol. The van der Waals surface area contributed by atoms with Crippen molar-refractivity contribution >= 4 is 0 Å². The van der Waals surface area contributed by atoms with Crippen molar-refractivity contribution in [3.8, 4) is 0 Å². The number of fused-ring (bicyclic) bond motifs is 1. The van der Waals surface area contributed by atoms with Crippen molar-refractivity contribution in [3.05, 3.63) is 34.4 Å². The van der Waals surface area contributed by atoms with Crippen molar-refractivity contribution < 1.29 is 61.5 Å². The second-order valence-corrected chi connectivity index (χ2v) is 4.90. The summed E-state index contributed by atoms with van der Waals surface area (Å²) >= 11 is 0. The Morgan fingerprint density at radius 1 is 0.560 bits per heavy atom. The maximum absolute atomic E-state index is 13.7. The third kappa shape index (κ3) is 1.85. The number of benzene rings is 1. The highest BCUT2D eigenvalue weighted by Gasteiger charge is 2.94. The van der Waals surface area contributed by atoms with Crippen LogP contribution in [-0.4, -0.2) is 18.3 Å². The maximum atomic E-state index is 13.7. The third-order valence-electron chi connectivity index (χ3n) is 3.68. The van der Waals surface area contributed by atoms with Crippen LogP contribution in [0.4, 0.5) is 61.5 Å². The number of hydrogen-bond donors (Lipinski definition) is 0. The van der Waals surface area contributed by atoms with Crippen molar-refractivity contribution in [1.82, 2.24) is 0 Å². The van der Waals surface area contributed by atoms with Gasteiger partial charge in [0.2, 0.25) is 5.41 Å². The zero-order chi connectivity index (χ0) is 20.0. The molecule has 25 heavy (non-hydrogen) atoms. The highest BCUT2D eigenvalue weighted by atomic mass is 19.4. The molecule has 0 aromatic heterocycles. The Kier molecular flexibility index (Phi) is 3.67. The van der Waals surface area contributed by atoms with E-state index < -0.39 is 64.0 Å². The van der Waals surface area contributed by atoms with Gasteiger partial charge in [-0.25, -0.2) is 17.6 Å². The first-order chi connectivity index (χ1) is 10.9. The fourth-order valence-corrected chi connectivity index (χ4v) is 2.63. The van der Waals surface area contributed by atoms with E-state index in [1.54, 1.807) is 0 Å². The summed E-state index contributed by atoms with van der Waals surface area (Å²) in [5, 5.41) is 0. The molecular weight excluding hydrogens is 398 g/mol. The van der Waals surface area contributed by atoms with E-state index >= 15 is 0 Å². The van der Waals surface area contributed by atoms with Crippen LogP contribution in [0.1, 0.15) is 11.1 Å². The molecule has 1 aliphatic rings. The van der Waals surface area contributed by atoms with Gasteiger partial charge in [-0.05, 0) is 0 Å². The predicted octanol–water partition coefficient (Wildman–Crippen LogP) is 5.35. The molecular formula is C11F14. The predicted molar refractivity (Wildman–Crippen MR) is 48.9 cm³/mol. The van der Waals surface area contributed by atoms with Gasteiger partial charge in [0.1, 0.15) is 0 Å². The molecule has 1 aromatic rings. The summed E-state index contributed by atoms with van der Waals surface area (Å²) in [4.78, 5) is 0. The van der Waals surface area contributed by atoms with E-state index in [9.17, 15) is 61.5 Å². The van der Waals surface area contributed by atoms with Crippen LogP contribution in [-0.2, 0) is 11.3 Å². The van der Waals surface area contributed by atoms with Gasteiger partial charge in [-0.2, -0.15) is 43.9 Å². The lowest BCUT2D eigenvalue weighted by molar-refractivity contribution is -0.410. The molecule has 0 nitrogen and oxygen atoms in total. The fraction of sp³-hybridized carbons (Fsp3) is 0.455. The number of halogens is 14. The molecule has 2 rings (SSSR count). The topological polar surface area (TPSA) is 0 Å². The molecule has 1 unspecified atom stereocenters. The van der Waals surface area contributed by atoms with Crippen LogP contribution in [0.5, 0.6) is 0 Å². The average Bonchev–Trinajstić information content (AvgIpc) is 2.37. The van der Waals surface area contributed by atoms with Crippen LogP contribution in [0, 0.1) is 23.3 Å². The van der Waals surface area contributed by atoms with Crippen LogP contribution in [0.2, 0.25) is 0 Å². The summed E-state index contributed by atoms with van der Waals surface area (Å²) < 4.78 is 183. The molecule has 0 radical (unpaired) electrons. The second-order valence-electron chi connectivity index (χ2n) is 4.90. The van der Waals surface area contributed by atoms with Gasteiger partial charge in [0.25, 0.3) is 0 Å². The molecule has 0 spiro atoms. The summed E-state index contributed by atoms with van der Waals surface area (Å²) in [6.45, 7) is 0. The van der Waals surface area contributed by atoms with Crippen LogP contribution < -0.4 is 0 Å². The summed E-state index contributed by atoms with van der Waals surface area (Å²) in [6, 6.07) is 0. The van der Waals surface area contributed by atoms with Crippen molar-refractivity contribution in [2.75, 3.05) is 0 Å². The van der Waals surface area contributed by atoms with E-state index in [4.69, 9.17) is 0 Å². The standard InChI is InChI=1S/C11F14/c12-3-1-2(4(13)6(15)5(3)14)8(16,17)7(1,10(20,21)22)9(18,19)11(23,24)25. The Bertz CT molecular complexity index is 739. The fourth-order valence-electron chi connectivity index (χ4n) is 2.63. The van der Waals surface area contributed by atoms with Gasteiger partial charge in [0.15, 0.2) is 23.3 Å². The Hall–Kier alpha value is -1.76. The van der Waals surface area contributed by atoms with Crippen LogP contribution in [0.25, 0.3) is 0 Å². The molecule has 0 saturated carbocycles. The highest BCUT2D eigenvalue weighted by molar-refractivity contribution is 5.57. The zero-order valence-electron chi connectivity index (χ0n) is 10.8. The number of alkyl halides is 10. The van der Waals surface area contributed by atoms with Crippen LogP contribution in [0.3, 0.4) is 0 Å². The molecule has 142 valence electrons. The quantitative estimate of drug-likeness (QED) is 0.340. The molecule has 0 amide bonds. The summed E-state index contributed by atoms with van der Waals surface area (Å²) in [5.74, 6) is -26.9. The van der Waals surface area contributed by atoms with Gasteiger partial charge in [0, 0.05) is 5.56 Å².